The van der Waals surface area contributed by atoms with E-state index in [4.69, 9.17) is 9.40 Å². The number of rotatable bonds is 2. The van der Waals surface area contributed by atoms with Crippen molar-refractivity contribution >= 4 is 65.6 Å². The minimum Gasteiger partial charge on any atom is -0.456 e. The molecule has 5 aromatic carbocycles. The Morgan fingerprint density at radius 1 is 0.465 bits per heavy atom. The molecule has 0 saturated heterocycles. The van der Waals surface area contributed by atoms with Crippen molar-refractivity contribution in [1.29, 1.82) is 10.5 Å². The molecule has 4 aromatic heterocycles. The number of para-hydroxylation sites is 2. The number of pyridine rings is 1. The molecule has 6 heteroatoms. The van der Waals surface area contributed by atoms with E-state index in [9.17, 15) is 10.5 Å². The second-order valence-electron chi connectivity index (χ2n) is 10.7. The molecule has 0 amide bonds. The maximum atomic E-state index is 9.70. The van der Waals surface area contributed by atoms with Crippen LogP contribution in [0.2, 0.25) is 0 Å². The number of fused-ring (bicyclic) bond motifs is 9. The summed E-state index contributed by atoms with van der Waals surface area (Å²) in [6, 6.07) is 42.7. The van der Waals surface area contributed by atoms with Gasteiger partial charge in [-0.3, -0.25) is 9.13 Å². The first-order chi connectivity index (χ1) is 21.2. The smallest absolute Gasteiger partial charge is 0.140 e. The molecule has 43 heavy (non-hydrogen) atoms. The topological polar surface area (TPSA) is 83.5 Å². The first-order valence-corrected chi connectivity index (χ1v) is 13.9. The molecule has 0 bridgehead atoms. The van der Waals surface area contributed by atoms with Crippen LogP contribution in [0.1, 0.15) is 11.1 Å². The van der Waals surface area contributed by atoms with Crippen molar-refractivity contribution in [2.45, 2.75) is 0 Å². The Bertz CT molecular complexity index is 2710. The van der Waals surface area contributed by atoms with Crippen LogP contribution >= 0.6 is 0 Å². The molecule has 0 spiro atoms. The van der Waals surface area contributed by atoms with Gasteiger partial charge in [0.1, 0.15) is 22.8 Å². The highest BCUT2D eigenvalue weighted by Crippen LogP contribution is 2.39. The maximum Gasteiger partial charge on any atom is 0.140 e. The number of nitrogens with zero attached hydrogens (tertiary/aromatic N) is 5. The fourth-order valence-corrected chi connectivity index (χ4v) is 6.50. The van der Waals surface area contributed by atoms with E-state index in [1.165, 1.54) is 0 Å². The van der Waals surface area contributed by atoms with Crippen LogP contribution in [0, 0.1) is 22.7 Å². The monoisotopic (exact) mass is 549 g/mol. The quantitative estimate of drug-likeness (QED) is 0.215. The van der Waals surface area contributed by atoms with Crippen molar-refractivity contribution < 1.29 is 4.42 Å². The average Bonchev–Trinajstić information content (AvgIpc) is 3.70. The first-order valence-electron chi connectivity index (χ1n) is 13.9. The molecule has 0 N–H and O–H groups in total. The summed E-state index contributed by atoms with van der Waals surface area (Å²) in [6.45, 7) is 0. The molecule has 4 heterocycles. The van der Waals surface area contributed by atoms with Crippen LogP contribution in [0.3, 0.4) is 0 Å². The largest absolute Gasteiger partial charge is 0.456 e. The average molecular weight is 550 g/mol. The van der Waals surface area contributed by atoms with Crippen LogP contribution in [0.4, 0.5) is 0 Å². The molecule has 0 saturated carbocycles. The van der Waals surface area contributed by atoms with Gasteiger partial charge in [0.15, 0.2) is 0 Å². The first kappa shape index (κ1) is 23.3. The zero-order chi connectivity index (χ0) is 28.7. The van der Waals surface area contributed by atoms with Crippen molar-refractivity contribution in [1.82, 2.24) is 14.1 Å². The Balaban J connectivity index is 1.36. The van der Waals surface area contributed by atoms with Crippen LogP contribution in [-0.2, 0) is 0 Å². The van der Waals surface area contributed by atoms with Gasteiger partial charge in [0.25, 0.3) is 0 Å². The molecular formula is C37H19N5O. The van der Waals surface area contributed by atoms with E-state index in [1.54, 1.807) is 0 Å². The minimum atomic E-state index is 0.597. The Kier molecular flexibility index (Phi) is 4.65. The lowest BCUT2D eigenvalue weighted by atomic mass is 10.1. The van der Waals surface area contributed by atoms with E-state index in [1.807, 2.05) is 84.9 Å². The maximum absolute atomic E-state index is 9.70. The second kappa shape index (κ2) is 8.57. The summed E-state index contributed by atoms with van der Waals surface area (Å²) in [4.78, 5) is 5.25. The Hall–Kier alpha value is -6.37. The summed E-state index contributed by atoms with van der Waals surface area (Å²) >= 11 is 0. The van der Waals surface area contributed by atoms with Crippen molar-refractivity contribution in [3.8, 4) is 23.8 Å². The van der Waals surface area contributed by atoms with Gasteiger partial charge >= 0.3 is 0 Å². The van der Waals surface area contributed by atoms with Gasteiger partial charge in [0.05, 0.1) is 45.3 Å². The third kappa shape index (κ3) is 3.23. The molecule has 198 valence electrons. The van der Waals surface area contributed by atoms with E-state index in [0.29, 0.717) is 11.1 Å². The van der Waals surface area contributed by atoms with Crippen molar-refractivity contribution in [3.05, 3.63) is 126 Å². The molecule has 0 fully saturated rings. The van der Waals surface area contributed by atoms with Gasteiger partial charge in [-0.1, -0.05) is 42.5 Å². The van der Waals surface area contributed by atoms with Crippen molar-refractivity contribution in [2.75, 3.05) is 0 Å². The predicted molar refractivity (Wildman–Crippen MR) is 170 cm³/mol. The van der Waals surface area contributed by atoms with E-state index in [2.05, 4.69) is 51.6 Å². The highest BCUT2D eigenvalue weighted by molar-refractivity contribution is 6.17. The summed E-state index contributed by atoms with van der Waals surface area (Å²) in [5.41, 5.74) is 6.80. The SMILES string of the molecule is N#Cc1ccc2c(c1)c1ccccc1n2-c1cccc(-n2c3ccc(C#N)cc3c3cc4oc5ccccc5c4cc32)n1. The number of furan rings is 1. The van der Waals surface area contributed by atoms with Crippen LogP contribution in [0.5, 0.6) is 0 Å². The second-order valence-corrected chi connectivity index (χ2v) is 10.7. The lowest BCUT2D eigenvalue weighted by molar-refractivity contribution is 0.669. The molecule has 0 radical (unpaired) electrons. The molecule has 0 aliphatic rings. The zero-order valence-corrected chi connectivity index (χ0v) is 22.6. The predicted octanol–water partition coefficient (Wildman–Crippen LogP) is 8.92. The van der Waals surface area contributed by atoms with Gasteiger partial charge in [-0.05, 0) is 72.8 Å². The Labute approximate surface area is 244 Å². The van der Waals surface area contributed by atoms with E-state index in [-0.39, 0.29) is 0 Å². The molecule has 0 unspecified atom stereocenters. The summed E-state index contributed by atoms with van der Waals surface area (Å²) in [5, 5.41) is 25.4. The van der Waals surface area contributed by atoms with Crippen LogP contribution in [0.15, 0.2) is 120 Å². The number of hydrogen-bond acceptors (Lipinski definition) is 4. The summed E-state index contributed by atoms with van der Waals surface area (Å²) in [7, 11) is 0. The number of nitriles is 2. The van der Waals surface area contributed by atoms with Gasteiger partial charge in [-0.25, -0.2) is 4.98 Å². The standard InChI is InChI=1S/C37H19N5O/c38-20-22-12-14-31-26(16-22)24-6-1-3-8-30(24)41(31)36-10-5-11-37(40-36)42-32-15-13-23(21-39)17-27(32)28-19-35-29(18-33(28)42)25-7-2-4-9-34(25)43-35/h1-19H. The lowest BCUT2D eigenvalue weighted by Crippen LogP contribution is -2.03. The summed E-state index contributed by atoms with van der Waals surface area (Å²) < 4.78 is 10.6. The molecule has 6 nitrogen and oxygen atoms in total. The molecular weight excluding hydrogens is 530 g/mol. The lowest BCUT2D eigenvalue weighted by Gasteiger charge is -2.11. The molecule has 0 aliphatic heterocycles. The van der Waals surface area contributed by atoms with Crippen LogP contribution in [0.25, 0.3) is 77.2 Å². The fraction of sp³-hybridized carbons (Fsp3) is 0. The minimum absolute atomic E-state index is 0.597. The van der Waals surface area contributed by atoms with Gasteiger partial charge in [0.2, 0.25) is 0 Å². The number of benzene rings is 5. The van der Waals surface area contributed by atoms with Crippen molar-refractivity contribution in [2.24, 2.45) is 0 Å². The van der Waals surface area contributed by atoms with Crippen molar-refractivity contribution in [3.63, 3.8) is 0 Å². The highest BCUT2D eigenvalue weighted by atomic mass is 16.3. The Morgan fingerprint density at radius 3 is 1.77 bits per heavy atom. The van der Waals surface area contributed by atoms with E-state index < -0.39 is 0 Å². The third-order valence-corrected chi connectivity index (χ3v) is 8.37. The molecule has 0 atom stereocenters. The highest BCUT2D eigenvalue weighted by Gasteiger charge is 2.19. The fourth-order valence-electron chi connectivity index (χ4n) is 6.50. The normalized spacial score (nSPS) is 11.7. The molecule has 9 rings (SSSR count). The number of aromatic nitrogens is 3. The third-order valence-electron chi connectivity index (χ3n) is 8.37. The van der Waals surface area contributed by atoms with E-state index in [0.717, 1.165) is 77.2 Å². The summed E-state index contributed by atoms with van der Waals surface area (Å²) in [6.07, 6.45) is 0. The number of hydrogen-bond donors (Lipinski definition) is 0. The van der Waals surface area contributed by atoms with Crippen LogP contribution < -0.4 is 0 Å². The van der Waals surface area contributed by atoms with Gasteiger partial charge in [-0.2, -0.15) is 10.5 Å². The van der Waals surface area contributed by atoms with Gasteiger partial charge in [0, 0.05) is 32.3 Å². The molecule has 0 aliphatic carbocycles. The zero-order valence-electron chi connectivity index (χ0n) is 22.6. The van der Waals surface area contributed by atoms with Gasteiger partial charge in [-0.15, -0.1) is 0 Å². The Morgan fingerprint density at radius 2 is 1.05 bits per heavy atom. The van der Waals surface area contributed by atoms with Crippen LogP contribution in [-0.4, -0.2) is 14.1 Å². The van der Waals surface area contributed by atoms with E-state index >= 15 is 0 Å². The molecule has 9 aromatic rings. The van der Waals surface area contributed by atoms with Gasteiger partial charge < -0.3 is 4.42 Å². The summed E-state index contributed by atoms with van der Waals surface area (Å²) in [5.74, 6) is 1.53.